The van der Waals surface area contributed by atoms with Crippen molar-refractivity contribution in [3.05, 3.63) is 12.2 Å². The first kappa shape index (κ1) is 27.7. The standard InChI is InChI=1S/C25H47NO3/c1-4-7-8-9-10-11-12-13-14-15-16-17-18-19-20-21-23(25(28)29)22-24(27)26(5-2)6-3/h4,7,23H,5-6,8-22H2,1-3H3,(H,28,29)/b7-4+. The summed E-state index contributed by atoms with van der Waals surface area (Å²) >= 11 is 0. The van der Waals surface area contributed by atoms with Crippen LogP contribution in [-0.4, -0.2) is 35.0 Å². The highest BCUT2D eigenvalue weighted by Gasteiger charge is 2.22. The van der Waals surface area contributed by atoms with Crippen LogP contribution in [0.1, 0.15) is 117 Å². The summed E-state index contributed by atoms with van der Waals surface area (Å²) in [4.78, 5) is 25.3. The molecule has 29 heavy (non-hydrogen) atoms. The molecule has 0 saturated carbocycles. The average Bonchev–Trinajstić information content (AvgIpc) is 2.70. The van der Waals surface area contributed by atoms with Crippen molar-refractivity contribution in [3.63, 3.8) is 0 Å². The molecule has 4 heteroatoms. The molecule has 0 aromatic rings. The van der Waals surface area contributed by atoms with E-state index in [0.717, 1.165) is 12.8 Å². The van der Waals surface area contributed by atoms with Crippen LogP contribution in [0.25, 0.3) is 0 Å². The van der Waals surface area contributed by atoms with E-state index < -0.39 is 11.9 Å². The zero-order valence-corrected chi connectivity index (χ0v) is 19.5. The molecule has 0 fully saturated rings. The van der Waals surface area contributed by atoms with E-state index in [9.17, 15) is 14.7 Å². The molecule has 0 rings (SSSR count). The van der Waals surface area contributed by atoms with Crippen LogP contribution in [0.3, 0.4) is 0 Å². The quantitative estimate of drug-likeness (QED) is 0.174. The summed E-state index contributed by atoms with van der Waals surface area (Å²) in [6.45, 7) is 7.26. The van der Waals surface area contributed by atoms with Gasteiger partial charge >= 0.3 is 5.97 Å². The number of carboxylic acid groups (broad SMARTS) is 1. The van der Waals surface area contributed by atoms with Gasteiger partial charge in [-0.3, -0.25) is 9.59 Å². The van der Waals surface area contributed by atoms with Crippen LogP contribution in [0.2, 0.25) is 0 Å². The van der Waals surface area contributed by atoms with Gasteiger partial charge in [-0.1, -0.05) is 82.8 Å². The van der Waals surface area contributed by atoms with Gasteiger partial charge in [-0.05, 0) is 40.0 Å². The first-order valence-corrected chi connectivity index (χ1v) is 12.2. The summed E-state index contributed by atoms with van der Waals surface area (Å²) in [6, 6.07) is 0. The first-order valence-electron chi connectivity index (χ1n) is 12.2. The maximum absolute atomic E-state index is 12.1. The summed E-state index contributed by atoms with van der Waals surface area (Å²) < 4.78 is 0. The number of amides is 1. The van der Waals surface area contributed by atoms with E-state index in [4.69, 9.17) is 0 Å². The Labute approximate surface area is 180 Å². The molecule has 4 nitrogen and oxygen atoms in total. The number of allylic oxidation sites excluding steroid dienone is 2. The van der Waals surface area contributed by atoms with Crippen molar-refractivity contribution in [2.75, 3.05) is 13.1 Å². The Morgan fingerprint density at radius 2 is 1.24 bits per heavy atom. The monoisotopic (exact) mass is 409 g/mol. The number of carbonyl (C=O) groups is 2. The number of nitrogens with zero attached hydrogens (tertiary/aromatic N) is 1. The van der Waals surface area contributed by atoms with E-state index in [1.54, 1.807) is 4.90 Å². The average molecular weight is 410 g/mol. The molecule has 1 atom stereocenters. The summed E-state index contributed by atoms with van der Waals surface area (Å²) in [7, 11) is 0. The van der Waals surface area contributed by atoms with E-state index in [0.29, 0.717) is 19.5 Å². The van der Waals surface area contributed by atoms with E-state index >= 15 is 0 Å². The molecule has 0 saturated heterocycles. The Bertz CT molecular complexity index is 430. The van der Waals surface area contributed by atoms with Crippen LogP contribution >= 0.6 is 0 Å². The fraction of sp³-hybridized carbons (Fsp3) is 0.840. The second kappa shape index (κ2) is 20.0. The second-order valence-electron chi connectivity index (χ2n) is 8.19. The molecule has 0 spiro atoms. The highest BCUT2D eigenvalue weighted by molar-refractivity contribution is 5.82. The largest absolute Gasteiger partial charge is 0.481 e. The summed E-state index contributed by atoms with van der Waals surface area (Å²) in [5, 5.41) is 9.39. The number of hydrogen-bond donors (Lipinski definition) is 1. The minimum atomic E-state index is -0.827. The van der Waals surface area contributed by atoms with Gasteiger partial charge in [-0.2, -0.15) is 0 Å². The molecule has 0 bridgehead atoms. The van der Waals surface area contributed by atoms with Crippen LogP contribution in [0.4, 0.5) is 0 Å². The maximum atomic E-state index is 12.1. The fourth-order valence-corrected chi connectivity index (χ4v) is 3.82. The van der Waals surface area contributed by atoms with E-state index in [1.807, 2.05) is 13.8 Å². The zero-order valence-electron chi connectivity index (χ0n) is 19.5. The first-order chi connectivity index (χ1) is 14.1. The number of aliphatic carboxylic acids is 1. The van der Waals surface area contributed by atoms with Crippen LogP contribution in [0.5, 0.6) is 0 Å². The Kier molecular flexibility index (Phi) is 19.1. The number of carboxylic acids is 1. The van der Waals surface area contributed by atoms with Gasteiger partial charge in [0.1, 0.15) is 0 Å². The zero-order chi connectivity index (χ0) is 21.7. The van der Waals surface area contributed by atoms with Gasteiger partial charge < -0.3 is 10.0 Å². The number of rotatable bonds is 20. The molecular weight excluding hydrogens is 362 g/mol. The lowest BCUT2D eigenvalue weighted by atomic mass is 9.96. The molecule has 0 aliphatic rings. The predicted octanol–water partition coefficient (Wildman–Crippen LogP) is 6.98. The summed E-state index contributed by atoms with van der Waals surface area (Å²) in [5.41, 5.74) is 0. The Morgan fingerprint density at radius 3 is 1.66 bits per heavy atom. The smallest absolute Gasteiger partial charge is 0.307 e. The lowest BCUT2D eigenvalue weighted by Gasteiger charge is -2.21. The van der Waals surface area contributed by atoms with Crippen LogP contribution in [0, 0.1) is 5.92 Å². The van der Waals surface area contributed by atoms with Gasteiger partial charge in [0.15, 0.2) is 0 Å². The number of hydrogen-bond acceptors (Lipinski definition) is 2. The van der Waals surface area contributed by atoms with E-state index in [1.165, 1.54) is 70.6 Å². The van der Waals surface area contributed by atoms with Crippen LogP contribution in [0.15, 0.2) is 12.2 Å². The normalized spacial score (nSPS) is 12.4. The van der Waals surface area contributed by atoms with Gasteiger partial charge in [-0.25, -0.2) is 0 Å². The summed E-state index contributed by atoms with van der Waals surface area (Å²) in [5.74, 6) is -1.38. The molecule has 0 aromatic heterocycles. The molecular formula is C25H47NO3. The van der Waals surface area contributed by atoms with Crippen LogP contribution in [-0.2, 0) is 9.59 Å². The number of unbranched alkanes of at least 4 members (excludes halogenated alkanes) is 12. The Morgan fingerprint density at radius 1 is 0.793 bits per heavy atom. The van der Waals surface area contributed by atoms with Crippen molar-refractivity contribution in [2.45, 2.75) is 117 Å². The Hall–Kier alpha value is -1.32. The fourth-order valence-electron chi connectivity index (χ4n) is 3.82. The molecule has 0 radical (unpaired) electrons. The minimum absolute atomic E-state index is 0.0276. The third-order valence-corrected chi connectivity index (χ3v) is 5.80. The molecule has 0 heterocycles. The lowest BCUT2D eigenvalue weighted by molar-refractivity contribution is -0.146. The van der Waals surface area contributed by atoms with Gasteiger partial charge in [0.2, 0.25) is 5.91 Å². The van der Waals surface area contributed by atoms with Crippen molar-refractivity contribution < 1.29 is 14.7 Å². The van der Waals surface area contributed by atoms with Gasteiger partial charge in [0.25, 0.3) is 0 Å². The van der Waals surface area contributed by atoms with E-state index in [-0.39, 0.29) is 12.3 Å². The Balaban J connectivity index is 3.59. The molecule has 170 valence electrons. The predicted molar refractivity (Wildman–Crippen MR) is 123 cm³/mol. The number of carbonyl (C=O) groups excluding carboxylic acids is 1. The molecule has 1 N–H and O–H groups in total. The highest BCUT2D eigenvalue weighted by atomic mass is 16.4. The molecule has 1 unspecified atom stereocenters. The third kappa shape index (κ3) is 16.2. The molecule has 1 amide bonds. The molecule has 0 aliphatic heterocycles. The maximum Gasteiger partial charge on any atom is 0.307 e. The topological polar surface area (TPSA) is 57.6 Å². The van der Waals surface area contributed by atoms with Crippen molar-refractivity contribution >= 4 is 11.9 Å². The van der Waals surface area contributed by atoms with Crippen molar-refractivity contribution in [2.24, 2.45) is 5.92 Å². The van der Waals surface area contributed by atoms with Gasteiger partial charge in [0.05, 0.1) is 5.92 Å². The summed E-state index contributed by atoms with van der Waals surface area (Å²) in [6.07, 6.45) is 21.6. The lowest BCUT2D eigenvalue weighted by Crippen LogP contribution is -2.33. The SMILES string of the molecule is C/C=C/CCCCCCCCCCCCCCC(CC(=O)N(CC)CC)C(=O)O. The molecule has 0 aromatic carbocycles. The van der Waals surface area contributed by atoms with Crippen molar-refractivity contribution in [1.29, 1.82) is 0 Å². The van der Waals surface area contributed by atoms with Crippen molar-refractivity contribution in [1.82, 2.24) is 4.90 Å². The molecule has 0 aliphatic carbocycles. The van der Waals surface area contributed by atoms with Gasteiger partial charge in [0, 0.05) is 19.5 Å². The van der Waals surface area contributed by atoms with E-state index in [2.05, 4.69) is 19.1 Å². The van der Waals surface area contributed by atoms with Crippen molar-refractivity contribution in [3.8, 4) is 0 Å². The van der Waals surface area contributed by atoms with Crippen LogP contribution < -0.4 is 0 Å². The highest BCUT2D eigenvalue weighted by Crippen LogP contribution is 2.18. The van der Waals surface area contributed by atoms with Gasteiger partial charge in [-0.15, -0.1) is 0 Å². The second-order valence-corrected chi connectivity index (χ2v) is 8.19. The third-order valence-electron chi connectivity index (χ3n) is 5.80. The minimum Gasteiger partial charge on any atom is -0.481 e.